The highest BCUT2D eigenvalue weighted by Crippen LogP contribution is 2.39. The van der Waals surface area contributed by atoms with Crippen molar-refractivity contribution in [2.24, 2.45) is 0 Å². The van der Waals surface area contributed by atoms with Crippen LogP contribution in [-0.4, -0.2) is 27.3 Å². The fourth-order valence-electron chi connectivity index (χ4n) is 3.55. The van der Waals surface area contributed by atoms with Gasteiger partial charge in [-0.25, -0.2) is 9.48 Å². The van der Waals surface area contributed by atoms with Crippen LogP contribution >= 0.6 is 23.2 Å². The topological polar surface area (TPSA) is 78.3 Å². The van der Waals surface area contributed by atoms with E-state index < -0.39 is 12.0 Å². The number of nitrogens with zero attached hydrogens (tertiary/aromatic N) is 3. The predicted octanol–water partition coefficient (Wildman–Crippen LogP) is 5.41. The van der Waals surface area contributed by atoms with Gasteiger partial charge in [0, 0.05) is 26.9 Å². The van der Waals surface area contributed by atoms with E-state index in [9.17, 15) is 4.79 Å². The lowest BCUT2D eigenvalue weighted by Crippen LogP contribution is -2.30. The van der Waals surface area contributed by atoms with E-state index in [-0.39, 0.29) is 6.61 Å². The summed E-state index contributed by atoms with van der Waals surface area (Å²) in [6, 6.07) is 12.2. The van der Waals surface area contributed by atoms with Crippen molar-refractivity contribution in [3.63, 3.8) is 0 Å². The first-order valence-electron chi connectivity index (χ1n) is 10.2. The van der Waals surface area contributed by atoms with E-state index in [1.165, 1.54) is 6.33 Å². The number of benzene rings is 2. The molecule has 0 fully saturated rings. The molecule has 9 heteroatoms. The zero-order chi connectivity index (χ0) is 22.7. The van der Waals surface area contributed by atoms with E-state index in [1.54, 1.807) is 16.8 Å². The number of fused-ring (bicyclic) bond motifs is 1. The van der Waals surface area contributed by atoms with Gasteiger partial charge in [-0.05, 0) is 31.5 Å². The highest BCUT2D eigenvalue weighted by molar-refractivity contribution is 6.35. The molecule has 4 rings (SSSR count). The number of rotatable bonds is 7. The SMILES string of the molecule is CCCOC(=O)C1=C(C)Nc2ncnn2C1c1ccccc1OCc1ccc(Cl)cc1Cl. The van der Waals surface area contributed by atoms with E-state index in [4.69, 9.17) is 32.7 Å². The average molecular weight is 473 g/mol. The normalized spacial score (nSPS) is 15.2. The van der Waals surface area contributed by atoms with Gasteiger partial charge in [0.1, 0.15) is 24.7 Å². The van der Waals surface area contributed by atoms with Crippen molar-refractivity contribution in [3.8, 4) is 5.75 Å². The molecule has 1 unspecified atom stereocenters. The minimum atomic E-state index is -0.560. The fourth-order valence-corrected chi connectivity index (χ4v) is 4.01. The first kappa shape index (κ1) is 22.2. The Kier molecular flexibility index (Phi) is 6.67. The number of carbonyl (C=O) groups excluding carboxylic acids is 1. The van der Waals surface area contributed by atoms with Crippen LogP contribution in [0.15, 0.2) is 60.1 Å². The number of halogens is 2. The van der Waals surface area contributed by atoms with E-state index in [2.05, 4.69) is 15.4 Å². The molecule has 32 heavy (non-hydrogen) atoms. The monoisotopic (exact) mass is 472 g/mol. The van der Waals surface area contributed by atoms with Crippen molar-refractivity contribution in [1.29, 1.82) is 0 Å². The van der Waals surface area contributed by atoms with Gasteiger partial charge in [0.15, 0.2) is 0 Å². The van der Waals surface area contributed by atoms with Gasteiger partial charge < -0.3 is 14.8 Å². The summed E-state index contributed by atoms with van der Waals surface area (Å²) >= 11 is 12.3. The lowest BCUT2D eigenvalue weighted by Gasteiger charge is -2.29. The summed E-state index contributed by atoms with van der Waals surface area (Å²) in [5.41, 5.74) is 2.67. The van der Waals surface area contributed by atoms with Gasteiger partial charge in [-0.15, -0.1) is 0 Å². The Balaban J connectivity index is 1.72. The Hall–Kier alpha value is -3.03. The fraction of sp³-hybridized carbons (Fsp3) is 0.261. The number of carbonyl (C=O) groups is 1. The minimum Gasteiger partial charge on any atom is -0.488 e. The number of esters is 1. The molecule has 1 aliphatic heterocycles. The van der Waals surface area contributed by atoms with Crippen molar-refractivity contribution in [1.82, 2.24) is 14.8 Å². The Morgan fingerprint density at radius 3 is 2.81 bits per heavy atom. The molecule has 0 amide bonds. The standard InChI is InChI=1S/C23H22Cl2N4O3/c1-3-10-31-22(30)20-14(2)28-23-26-13-27-29(23)21(20)17-6-4-5-7-19(17)32-12-15-8-9-16(24)11-18(15)25/h4-9,11,13,21H,3,10,12H2,1-2H3,(H,26,27,28). The molecule has 0 radical (unpaired) electrons. The first-order valence-corrected chi connectivity index (χ1v) is 10.9. The van der Waals surface area contributed by atoms with Gasteiger partial charge in [0.2, 0.25) is 5.95 Å². The molecule has 2 heterocycles. The molecule has 0 saturated carbocycles. The van der Waals surface area contributed by atoms with Gasteiger partial charge in [-0.2, -0.15) is 10.1 Å². The lowest BCUT2D eigenvalue weighted by molar-refractivity contribution is -0.139. The summed E-state index contributed by atoms with van der Waals surface area (Å²) in [5, 5.41) is 8.57. The summed E-state index contributed by atoms with van der Waals surface area (Å²) in [7, 11) is 0. The number of ether oxygens (including phenoxy) is 2. The Morgan fingerprint density at radius 1 is 1.22 bits per heavy atom. The van der Waals surface area contributed by atoms with Crippen LogP contribution < -0.4 is 10.1 Å². The third-order valence-corrected chi connectivity index (χ3v) is 5.65. The van der Waals surface area contributed by atoms with Gasteiger partial charge in [-0.3, -0.25) is 0 Å². The summed E-state index contributed by atoms with van der Waals surface area (Å²) in [4.78, 5) is 17.3. The molecule has 7 nitrogen and oxygen atoms in total. The molecule has 0 aliphatic carbocycles. The minimum absolute atomic E-state index is 0.237. The second kappa shape index (κ2) is 9.63. The molecule has 3 aromatic rings. The average Bonchev–Trinajstić information content (AvgIpc) is 3.24. The van der Waals surface area contributed by atoms with Crippen molar-refractivity contribution >= 4 is 35.1 Å². The summed E-state index contributed by atoms with van der Waals surface area (Å²) < 4.78 is 13.3. The number of allylic oxidation sites excluding steroid dienone is 1. The van der Waals surface area contributed by atoms with Crippen molar-refractivity contribution < 1.29 is 14.3 Å². The zero-order valence-corrected chi connectivity index (χ0v) is 19.2. The number of nitrogens with one attached hydrogen (secondary N) is 1. The van der Waals surface area contributed by atoms with Crippen LogP contribution in [0.3, 0.4) is 0 Å². The number of hydrogen-bond acceptors (Lipinski definition) is 6. The highest BCUT2D eigenvalue weighted by atomic mass is 35.5. The van der Waals surface area contributed by atoms with Crippen molar-refractivity contribution in [2.75, 3.05) is 11.9 Å². The molecule has 1 aromatic heterocycles. The predicted molar refractivity (Wildman–Crippen MR) is 123 cm³/mol. The van der Waals surface area contributed by atoms with Crippen LogP contribution in [0.1, 0.15) is 37.4 Å². The van der Waals surface area contributed by atoms with E-state index >= 15 is 0 Å². The molecule has 1 aliphatic rings. The van der Waals surface area contributed by atoms with Crippen LogP contribution in [0, 0.1) is 0 Å². The molecule has 0 spiro atoms. The van der Waals surface area contributed by atoms with Gasteiger partial charge >= 0.3 is 5.97 Å². The van der Waals surface area contributed by atoms with Crippen LogP contribution in [0.2, 0.25) is 10.0 Å². The first-order chi connectivity index (χ1) is 15.5. The zero-order valence-electron chi connectivity index (χ0n) is 17.6. The molecule has 0 bridgehead atoms. The van der Waals surface area contributed by atoms with Crippen LogP contribution in [0.25, 0.3) is 0 Å². The highest BCUT2D eigenvalue weighted by Gasteiger charge is 2.36. The van der Waals surface area contributed by atoms with E-state index in [1.807, 2.05) is 44.2 Å². The number of aromatic nitrogens is 3. The second-order valence-corrected chi connectivity index (χ2v) is 8.14. The van der Waals surface area contributed by atoms with Crippen LogP contribution in [0.4, 0.5) is 5.95 Å². The maximum absolute atomic E-state index is 13.0. The Labute approximate surface area is 196 Å². The number of hydrogen-bond donors (Lipinski definition) is 1. The Morgan fingerprint density at radius 2 is 2.03 bits per heavy atom. The second-order valence-electron chi connectivity index (χ2n) is 7.29. The van der Waals surface area contributed by atoms with E-state index in [0.717, 1.165) is 17.5 Å². The third kappa shape index (κ3) is 4.45. The summed E-state index contributed by atoms with van der Waals surface area (Å²) in [5.74, 6) is 0.731. The van der Waals surface area contributed by atoms with Crippen LogP contribution in [-0.2, 0) is 16.1 Å². The quantitative estimate of drug-likeness (QED) is 0.463. The molecular formula is C23H22Cl2N4O3. The number of para-hydroxylation sites is 1. The molecular weight excluding hydrogens is 451 g/mol. The summed E-state index contributed by atoms with van der Waals surface area (Å²) in [6.45, 7) is 4.34. The van der Waals surface area contributed by atoms with Gasteiger partial charge in [0.25, 0.3) is 0 Å². The van der Waals surface area contributed by atoms with E-state index in [0.29, 0.717) is 39.6 Å². The third-order valence-electron chi connectivity index (χ3n) is 5.06. The van der Waals surface area contributed by atoms with Gasteiger partial charge in [0.05, 0.1) is 12.2 Å². The molecule has 1 atom stereocenters. The summed E-state index contributed by atoms with van der Waals surface area (Å²) in [6.07, 6.45) is 2.17. The largest absolute Gasteiger partial charge is 0.488 e. The number of anilines is 1. The lowest BCUT2D eigenvalue weighted by atomic mass is 9.95. The molecule has 2 aromatic carbocycles. The molecule has 166 valence electrons. The van der Waals surface area contributed by atoms with Crippen molar-refractivity contribution in [3.05, 3.63) is 81.2 Å². The van der Waals surface area contributed by atoms with Crippen LogP contribution in [0.5, 0.6) is 5.75 Å². The molecule has 1 N–H and O–H groups in total. The smallest absolute Gasteiger partial charge is 0.338 e. The maximum atomic E-state index is 13.0. The molecule has 0 saturated heterocycles. The Bertz CT molecular complexity index is 1180. The van der Waals surface area contributed by atoms with Gasteiger partial charge in [-0.1, -0.05) is 54.4 Å². The maximum Gasteiger partial charge on any atom is 0.338 e. The van der Waals surface area contributed by atoms with Crippen molar-refractivity contribution in [2.45, 2.75) is 32.9 Å².